The summed E-state index contributed by atoms with van der Waals surface area (Å²) in [4.78, 5) is 16.3. The van der Waals surface area contributed by atoms with Gasteiger partial charge in [-0.2, -0.15) is 13.2 Å². The molecule has 1 aromatic heterocycles. The molecule has 0 aliphatic rings. The van der Waals surface area contributed by atoms with E-state index in [1.807, 2.05) is 6.92 Å². The van der Waals surface area contributed by atoms with Crippen LogP contribution in [0.4, 0.5) is 18.9 Å². The van der Waals surface area contributed by atoms with Crippen LogP contribution in [0.25, 0.3) is 0 Å². The Labute approximate surface area is 146 Å². The van der Waals surface area contributed by atoms with Crippen molar-refractivity contribution in [2.45, 2.75) is 32.9 Å². The normalized spacial score (nSPS) is 11.4. The number of anilines is 1. The number of rotatable bonds is 6. The minimum absolute atomic E-state index is 0.0650. The molecule has 0 amide bonds. The van der Waals surface area contributed by atoms with Crippen molar-refractivity contribution in [1.29, 1.82) is 0 Å². The SMILES string of the molecule is CCCc1nc(Oc2ccc(N)c(C(F)(F)F)c2)c(C(=O)OCC)s1. The molecule has 0 fully saturated rings. The Morgan fingerprint density at radius 1 is 1.32 bits per heavy atom. The van der Waals surface area contributed by atoms with E-state index in [1.165, 1.54) is 6.07 Å². The van der Waals surface area contributed by atoms with E-state index in [2.05, 4.69) is 4.98 Å². The number of hydrogen-bond acceptors (Lipinski definition) is 6. The average Bonchev–Trinajstić information content (AvgIpc) is 2.91. The van der Waals surface area contributed by atoms with E-state index in [1.54, 1.807) is 6.92 Å². The van der Waals surface area contributed by atoms with E-state index >= 15 is 0 Å². The molecule has 5 nitrogen and oxygen atoms in total. The average molecular weight is 374 g/mol. The number of esters is 1. The maximum Gasteiger partial charge on any atom is 0.418 e. The number of halogens is 3. The van der Waals surface area contributed by atoms with Crippen LogP contribution in [0.1, 0.15) is 40.5 Å². The molecule has 0 atom stereocenters. The smallest absolute Gasteiger partial charge is 0.418 e. The first-order chi connectivity index (χ1) is 11.8. The standard InChI is InChI=1S/C16H17F3N2O3S/c1-3-5-12-21-14(13(25-12)15(22)23-4-2)24-9-6-7-11(20)10(8-9)16(17,18)19/h6-8H,3-5,20H2,1-2H3. The van der Waals surface area contributed by atoms with E-state index in [9.17, 15) is 18.0 Å². The number of nitrogens with two attached hydrogens (primary N) is 1. The molecular weight excluding hydrogens is 357 g/mol. The van der Waals surface area contributed by atoms with Crippen molar-refractivity contribution in [3.05, 3.63) is 33.6 Å². The number of nitrogens with zero attached hydrogens (tertiary/aromatic N) is 1. The van der Waals surface area contributed by atoms with Gasteiger partial charge >= 0.3 is 12.1 Å². The molecule has 0 radical (unpaired) electrons. The minimum atomic E-state index is -4.61. The molecular formula is C16H17F3N2O3S. The second-order valence-corrected chi connectivity index (χ2v) is 6.14. The summed E-state index contributed by atoms with van der Waals surface area (Å²) in [6, 6.07) is 3.17. The zero-order valence-corrected chi connectivity index (χ0v) is 14.5. The Kier molecular flexibility index (Phi) is 5.89. The third kappa shape index (κ3) is 4.62. The number of carbonyl (C=O) groups is 1. The molecule has 0 unspecified atom stereocenters. The second kappa shape index (κ2) is 7.73. The quantitative estimate of drug-likeness (QED) is 0.588. The van der Waals surface area contributed by atoms with Gasteiger partial charge in [0.05, 0.1) is 17.2 Å². The van der Waals surface area contributed by atoms with Gasteiger partial charge in [0.15, 0.2) is 4.88 Å². The highest BCUT2D eigenvalue weighted by atomic mass is 32.1. The number of nitrogen functional groups attached to an aromatic ring is 1. The molecule has 1 aromatic carbocycles. The Morgan fingerprint density at radius 2 is 2.04 bits per heavy atom. The van der Waals surface area contributed by atoms with Gasteiger partial charge < -0.3 is 15.2 Å². The number of aromatic nitrogens is 1. The fraction of sp³-hybridized carbons (Fsp3) is 0.375. The molecule has 9 heteroatoms. The summed E-state index contributed by atoms with van der Waals surface area (Å²) < 4.78 is 49.3. The number of benzene rings is 1. The molecule has 2 aromatic rings. The van der Waals surface area contributed by atoms with Crippen LogP contribution in [0.5, 0.6) is 11.6 Å². The van der Waals surface area contributed by atoms with Gasteiger partial charge in [-0.3, -0.25) is 0 Å². The molecule has 0 bridgehead atoms. The van der Waals surface area contributed by atoms with Crippen molar-refractivity contribution >= 4 is 23.0 Å². The third-order valence-electron chi connectivity index (χ3n) is 3.11. The van der Waals surface area contributed by atoms with Crippen LogP contribution < -0.4 is 10.5 Å². The maximum absolute atomic E-state index is 13.0. The predicted molar refractivity (Wildman–Crippen MR) is 88.0 cm³/mol. The van der Waals surface area contributed by atoms with Crippen LogP contribution >= 0.6 is 11.3 Å². The van der Waals surface area contributed by atoms with Gasteiger partial charge in [-0.15, -0.1) is 11.3 Å². The number of ether oxygens (including phenoxy) is 2. The molecule has 0 spiro atoms. The number of alkyl halides is 3. The molecule has 0 saturated heterocycles. The monoisotopic (exact) mass is 374 g/mol. The molecule has 2 N–H and O–H groups in total. The molecule has 0 aliphatic carbocycles. The van der Waals surface area contributed by atoms with Crippen molar-refractivity contribution in [3.63, 3.8) is 0 Å². The molecule has 0 saturated carbocycles. The van der Waals surface area contributed by atoms with E-state index in [-0.39, 0.29) is 23.1 Å². The zero-order valence-electron chi connectivity index (χ0n) is 13.6. The summed E-state index contributed by atoms with van der Waals surface area (Å²) in [5.41, 5.74) is 3.95. The van der Waals surface area contributed by atoms with Gasteiger partial charge in [-0.25, -0.2) is 9.78 Å². The fourth-order valence-corrected chi connectivity index (χ4v) is 3.01. The summed E-state index contributed by atoms with van der Waals surface area (Å²) in [5, 5.41) is 0.645. The Morgan fingerprint density at radius 3 is 2.64 bits per heavy atom. The number of aryl methyl sites for hydroxylation is 1. The first-order valence-electron chi connectivity index (χ1n) is 7.57. The van der Waals surface area contributed by atoms with E-state index in [0.29, 0.717) is 11.4 Å². The number of thiazole rings is 1. The lowest BCUT2D eigenvalue weighted by molar-refractivity contribution is -0.137. The van der Waals surface area contributed by atoms with Crippen molar-refractivity contribution in [2.24, 2.45) is 0 Å². The fourth-order valence-electron chi connectivity index (χ4n) is 2.02. The first-order valence-corrected chi connectivity index (χ1v) is 8.39. The second-order valence-electron chi connectivity index (χ2n) is 5.06. The first kappa shape index (κ1) is 19.0. The van der Waals surface area contributed by atoms with Gasteiger partial charge in [0.25, 0.3) is 0 Å². The summed E-state index contributed by atoms with van der Waals surface area (Å²) >= 11 is 1.11. The Balaban J connectivity index is 2.37. The lowest BCUT2D eigenvalue weighted by atomic mass is 10.1. The lowest BCUT2D eigenvalue weighted by Crippen LogP contribution is -2.09. The van der Waals surface area contributed by atoms with Crippen molar-refractivity contribution in [1.82, 2.24) is 4.98 Å². The molecule has 25 heavy (non-hydrogen) atoms. The summed E-state index contributed by atoms with van der Waals surface area (Å²) in [7, 11) is 0. The molecule has 0 aliphatic heterocycles. The molecule has 136 valence electrons. The predicted octanol–water partition coefficient (Wildman–Crippen LogP) is 4.67. The summed E-state index contributed by atoms with van der Waals surface area (Å²) in [5.74, 6) is -0.797. The van der Waals surface area contributed by atoms with E-state index in [0.717, 1.165) is 29.9 Å². The third-order valence-corrected chi connectivity index (χ3v) is 4.19. The number of carbonyl (C=O) groups excluding carboxylic acids is 1. The van der Waals surface area contributed by atoms with Crippen LogP contribution in [-0.2, 0) is 17.3 Å². The van der Waals surface area contributed by atoms with E-state index in [4.69, 9.17) is 15.2 Å². The Hall–Kier alpha value is -2.29. The van der Waals surface area contributed by atoms with Crippen molar-refractivity contribution in [2.75, 3.05) is 12.3 Å². The molecule has 2 rings (SSSR count). The summed E-state index contributed by atoms with van der Waals surface area (Å²) in [6.07, 6.45) is -3.19. The van der Waals surface area contributed by atoms with Gasteiger partial charge in [-0.05, 0) is 38.0 Å². The van der Waals surface area contributed by atoms with Crippen LogP contribution in [-0.4, -0.2) is 17.6 Å². The minimum Gasteiger partial charge on any atom is -0.462 e. The van der Waals surface area contributed by atoms with Crippen LogP contribution in [0.2, 0.25) is 0 Å². The highest BCUT2D eigenvalue weighted by Crippen LogP contribution is 2.38. The van der Waals surface area contributed by atoms with Crippen LogP contribution in [0.3, 0.4) is 0 Å². The zero-order chi connectivity index (χ0) is 18.6. The van der Waals surface area contributed by atoms with Crippen LogP contribution in [0.15, 0.2) is 18.2 Å². The van der Waals surface area contributed by atoms with Crippen LogP contribution in [0, 0.1) is 0 Å². The largest absolute Gasteiger partial charge is 0.462 e. The lowest BCUT2D eigenvalue weighted by Gasteiger charge is -2.12. The van der Waals surface area contributed by atoms with E-state index < -0.39 is 23.4 Å². The topological polar surface area (TPSA) is 74.4 Å². The molecule has 1 heterocycles. The van der Waals surface area contributed by atoms with Gasteiger partial charge in [0.1, 0.15) is 5.75 Å². The highest BCUT2D eigenvalue weighted by Gasteiger charge is 2.33. The number of hydrogen-bond donors (Lipinski definition) is 1. The van der Waals surface area contributed by atoms with Gasteiger partial charge in [-0.1, -0.05) is 6.92 Å². The highest BCUT2D eigenvalue weighted by molar-refractivity contribution is 7.13. The van der Waals surface area contributed by atoms with Gasteiger partial charge in [0.2, 0.25) is 5.88 Å². The van der Waals surface area contributed by atoms with Gasteiger partial charge in [0, 0.05) is 5.69 Å². The van der Waals surface area contributed by atoms with Crippen molar-refractivity contribution in [3.8, 4) is 11.6 Å². The maximum atomic E-state index is 13.0. The summed E-state index contributed by atoms with van der Waals surface area (Å²) in [6.45, 7) is 3.77. The van der Waals surface area contributed by atoms with Crippen molar-refractivity contribution < 1.29 is 27.4 Å². The Bertz CT molecular complexity index is 760.